The van der Waals surface area contributed by atoms with Gasteiger partial charge in [-0.15, -0.1) is 0 Å². The zero-order chi connectivity index (χ0) is 16.5. The predicted octanol–water partition coefficient (Wildman–Crippen LogP) is 1.11. The first kappa shape index (κ1) is 17.9. The van der Waals surface area contributed by atoms with Gasteiger partial charge in [-0.2, -0.15) is 5.10 Å². The molecule has 0 unspecified atom stereocenters. The molecule has 1 N–H and O–H groups in total. The van der Waals surface area contributed by atoms with Crippen LogP contribution in [0.25, 0.3) is 0 Å². The lowest BCUT2D eigenvalue weighted by molar-refractivity contribution is -0.124. The second-order valence-electron chi connectivity index (χ2n) is 5.09. The molecule has 122 valence electrons. The first-order valence-corrected chi connectivity index (χ1v) is 7.52. The largest absolute Gasteiger partial charge is 0.451 e. The summed E-state index contributed by atoms with van der Waals surface area (Å²) in [5.41, 5.74) is -0.244. The summed E-state index contributed by atoms with van der Waals surface area (Å²) < 4.78 is 6.14. The van der Waals surface area contributed by atoms with Crippen LogP contribution in [0.1, 0.15) is 50.5 Å². The summed E-state index contributed by atoms with van der Waals surface area (Å²) in [6.45, 7) is 5.90. The van der Waals surface area contributed by atoms with E-state index in [0.717, 1.165) is 19.3 Å². The van der Waals surface area contributed by atoms with Gasteiger partial charge in [0.05, 0.1) is 0 Å². The van der Waals surface area contributed by atoms with Crippen LogP contribution in [-0.2, 0) is 16.1 Å². The highest BCUT2D eigenvalue weighted by molar-refractivity contribution is 5.89. The smallest absolute Gasteiger partial charge is 0.359 e. The van der Waals surface area contributed by atoms with E-state index >= 15 is 0 Å². The van der Waals surface area contributed by atoms with Crippen molar-refractivity contribution in [2.75, 3.05) is 6.61 Å². The molecule has 0 radical (unpaired) electrons. The van der Waals surface area contributed by atoms with Crippen molar-refractivity contribution >= 4 is 11.9 Å². The number of ether oxygens (including phenoxy) is 1. The molecule has 1 rings (SSSR count). The molecule has 1 amide bonds. The van der Waals surface area contributed by atoms with Crippen LogP contribution in [0.4, 0.5) is 0 Å². The summed E-state index contributed by atoms with van der Waals surface area (Å²) >= 11 is 0. The van der Waals surface area contributed by atoms with Crippen molar-refractivity contribution in [3.8, 4) is 0 Å². The summed E-state index contributed by atoms with van der Waals surface area (Å²) in [5, 5.41) is 6.66. The van der Waals surface area contributed by atoms with E-state index in [1.54, 1.807) is 0 Å². The SMILES string of the molecule is CCCCn1nc(C(=O)OCC(=O)N[C@@H](C)CC)ccc1=O. The maximum atomic E-state index is 11.9. The molecule has 7 nitrogen and oxygen atoms in total. The van der Waals surface area contributed by atoms with E-state index < -0.39 is 5.97 Å². The molecule has 0 aliphatic heterocycles. The van der Waals surface area contributed by atoms with E-state index in [1.807, 2.05) is 20.8 Å². The molecule has 0 aliphatic carbocycles. The van der Waals surface area contributed by atoms with Gasteiger partial charge in [0, 0.05) is 18.7 Å². The molecule has 0 aromatic carbocycles. The Balaban J connectivity index is 2.62. The number of aryl methyl sites for hydroxylation is 1. The van der Waals surface area contributed by atoms with Crippen LogP contribution < -0.4 is 10.9 Å². The van der Waals surface area contributed by atoms with Crippen LogP contribution in [0.15, 0.2) is 16.9 Å². The molecule has 0 aliphatic rings. The van der Waals surface area contributed by atoms with Crippen LogP contribution >= 0.6 is 0 Å². The zero-order valence-electron chi connectivity index (χ0n) is 13.3. The van der Waals surface area contributed by atoms with Crippen molar-refractivity contribution in [1.29, 1.82) is 0 Å². The number of nitrogens with one attached hydrogen (secondary N) is 1. The third kappa shape index (κ3) is 5.67. The molecule has 22 heavy (non-hydrogen) atoms. The topological polar surface area (TPSA) is 90.3 Å². The molecular weight excluding hydrogens is 286 g/mol. The Morgan fingerprint density at radius 1 is 1.36 bits per heavy atom. The fraction of sp³-hybridized carbons (Fsp3) is 0.600. The van der Waals surface area contributed by atoms with E-state index in [-0.39, 0.29) is 29.8 Å². The number of nitrogens with zero attached hydrogens (tertiary/aromatic N) is 2. The number of hydrogen-bond donors (Lipinski definition) is 1. The van der Waals surface area contributed by atoms with Crippen LogP contribution in [0.3, 0.4) is 0 Å². The van der Waals surface area contributed by atoms with Gasteiger partial charge in [-0.25, -0.2) is 9.48 Å². The first-order chi connectivity index (χ1) is 10.5. The maximum absolute atomic E-state index is 11.9. The number of esters is 1. The van der Waals surface area contributed by atoms with Crippen molar-refractivity contribution in [3.05, 3.63) is 28.2 Å². The average molecular weight is 309 g/mol. The van der Waals surface area contributed by atoms with Crippen LogP contribution in [0.2, 0.25) is 0 Å². The predicted molar refractivity (Wildman–Crippen MR) is 81.6 cm³/mol. The van der Waals surface area contributed by atoms with Gasteiger partial charge in [-0.05, 0) is 25.8 Å². The highest BCUT2D eigenvalue weighted by atomic mass is 16.5. The van der Waals surface area contributed by atoms with Gasteiger partial charge >= 0.3 is 5.97 Å². The van der Waals surface area contributed by atoms with Crippen molar-refractivity contribution in [2.24, 2.45) is 0 Å². The number of unbranched alkanes of at least 4 members (excludes halogenated alkanes) is 1. The van der Waals surface area contributed by atoms with Gasteiger partial charge in [0.25, 0.3) is 11.5 Å². The van der Waals surface area contributed by atoms with Crippen molar-refractivity contribution < 1.29 is 14.3 Å². The third-order valence-corrected chi connectivity index (χ3v) is 3.15. The van der Waals surface area contributed by atoms with Gasteiger partial charge in [0.2, 0.25) is 0 Å². The summed E-state index contributed by atoms with van der Waals surface area (Å²) in [6.07, 6.45) is 2.50. The van der Waals surface area contributed by atoms with E-state index in [0.29, 0.717) is 6.54 Å². The van der Waals surface area contributed by atoms with E-state index in [1.165, 1.54) is 16.8 Å². The molecule has 7 heteroatoms. The number of hydrogen-bond acceptors (Lipinski definition) is 5. The van der Waals surface area contributed by atoms with E-state index in [9.17, 15) is 14.4 Å². The molecule has 0 saturated carbocycles. The number of aromatic nitrogens is 2. The quantitative estimate of drug-likeness (QED) is 0.727. The average Bonchev–Trinajstić information content (AvgIpc) is 2.51. The Morgan fingerprint density at radius 2 is 2.09 bits per heavy atom. The van der Waals surface area contributed by atoms with Crippen molar-refractivity contribution in [1.82, 2.24) is 15.1 Å². The van der Waals surface area contributed by atoms with Gasteiger partial charge in [-0.1, -0.05) is 20.3 Å². The summed E-state index contributed by atoms with van der Waals surface area (Å²) in [7, 11) is 0. The molecule has 0 fully saturated rings. The van der Waals surface area contributed by atoms with Gasteiger partial charge in [0.1, 0.15) is 0 Å². The van der Waals surface area contributed by atoms with Crippen LogP contribution in [0, 0.1) is 0 Å². The summed E-state index contributed by atoms with van der Waals surface area (Å²) in [5.74, 6) is -1.08. The lowest BCUT2D eigenvalue weighted by Crippen LogP contribution is -2.35. The summed E-state index contributed by atoms with van der Waals surface area (Å²) in [6, 6.07) is 2.61. The highest BCUT2D eigenvalue weighted by Gasteiger charge is 2.14. The number of rotatable bonds is 8. The van der Waals surface area contributed by atoms with Gasteiger partial charge < -0.3 is 10.1 Å². The second-order valence-corrected chi connectivity index (χ2v) is 5.09. The lowest BCUT2D eigenvalue weighted by Gasteiger charge is -2.11. The van der Waals surface area contributed by atoms with Crippen LogP contribution in [-0.4, -0.2) is 34.3 Å². The molecule has 1 atom stereocenters. The normalized spacial score (nSPS) is 11.8. The van der Waals surface area contributed by atoms with E-state index in [2.05, 4.69) is 10.4 Å². The highest BCUT2D eigenvalue weighted by Crippen LogP contribution is 1.97. The van der Waals surface area contributed by atoms with Crippen molar-refractivity contribution in [3.63, 3.8) is 0 Å². The molecule has 1 aromatic heterocycles. The Labute approximate surface area is 129 Å². The molecule has 1 heterocycles. The monoisotopic (exact) mass is 309 g/mol. The molecular formula is C15H23N3O4. The number of carbonyl (C=O) groups is 2. The lowest BCUT2D eigenvalue weighted by atomic mass is 10.2. The Morgan fingerprint density at radius 3 is 2.73 bits per heavy atom. The standard InChI is InChI=1S/C15H23N3O4/c1-4-6-9-18-14(20)8-7-12(17-18)15(21)22-10-13(19)16-11(3)5-2/h7-8,11H,4-6,9-10H2,1-3H3,(H,16,19)/t11-/m0/s1. The molecule has 0 bridgehead atoms. The minimum atomic E-state index is -0.718. The Bertz CT molecular complexity index is 568. The van der Waals surface area contributed by atoms with Crippen LogP contribution in [0.5, 0.6) is 0 Å². The Hall–Kier alpha value is -2.18. The first-order valence-electron chi connectivity index (χ1n) is 7.52. The minimum Gasteiger partial charge on any atom is -0.451 e. The molecule has 1 aromatic rings. The fourth-order valence-electron chi connectivity index (χ4n) is 1.65. The van der Waals surface area contributed by atoms with Gasteiger partial charge in [-0.3, -0.25) is 9.59 Å². The molecule has 0 saturated heterocycles. The van der Waals surface area contributed by atoms with Gasteiger partial charge in [0.15, 0.2) is 12.3 Å². The van der Waals surface area contributed by atoms with Crippen molar-refractivity contribution in [2.45, 2.75) is 52.6 Å². The maximum Gasteiger partial charge on any atom is 0.359 e. The zero-order valence-corrected chi connectivity index (χ0v) is 13.3. The van der Waals surface area contributed by atoms with E-state index in [4.69, 9.17) is 4.74 Å². The number of carbonyl (C=O) groups excluding carboxylic acids is 2. The third-order valence-electron chi connectivity index (χ3n) is 3.15. The molecule has 0 spiro atoms. The second kappa shape index (κ2) is 8.96. The fourth-order valence-corrected chi connectivity index (χ4v) is 1.65. The Kier molecular flexibility index (Phi) is 7.28. The summed E-state index contributed by atoms with van der Waals surface area (Å²) in [4.78, 5) is 35.0. The number of amides is 1. The minimum absolute atomic E-state index is 0.0204.